The van der Waals surface area contributed by atoms with Crippen molar-refractivity contribution < 1.29 is 9.32 Å². The van der Waals surface area contributed by atoms with E-state index in [2.05, 4.69) is 15.5 Å². The van der Waals surface area contributed by atoms with Crippen LogP contribution in [0.5, 0.6) is 0 Å². The molecule has 130 valence electrons. The molecule has 0 aliphatic carbocycles. The zero-order valence-corrected chi connectivity index (χ0v) is 15.2. The fourth-order valence-electron chi connectivity index (χ4n) is 2.99. The van der Waals surface area contributed by atoms with Crippen LogP contribution >= 0.6 is 22.7 Å². The van der Waals surface area contributed by atoms with Crippen molar-refractivity contribution in [2.24, 2.45) is 0 Å². The van der Waals surface area contributed by atoms with E-state index in [9.17, 15) is 4.79 Å². The molecular weight excluding hydrogens is 356 g/mol. The number of rotatable bonds is 3. The van der Waals surface area contributed by atoms with E-state index in [0.717, 1.165) is 35.7 Å². The molecule has 3 aromatic rings. The molecule has 0 radical (unpaired) electrons. The number of urea groups is 1. The number of nitrogens with zero attached hydrogens (tertiary/aromatic N) is 3. The molecule has 1 N–H and O–H groups in total. The van der Waals surface area contributed by atoms with Crippen LogP contribution in [0.2, 0.25) is 0 Å². The number of carbonyl (C=O) groups is 1. The molecule has 1 aliphatic heterocycles. The minimum absolute atomic E-state index is 0.0343. The molecule has 8 heteroatoms. The Balaban J connectivity index is 1.39. The molecule has 4 heterocycles. The van der Waals surface area contributed by atoms with Gasteiger partial charge >= 0.3 is 6.03 Å². The molecule has 2 amide bonds. The summed E-state index contributed by atoms with van der Waals surface area (Å²) in [7, 11) is 0. The van der Waals surface area contributed by atoms with E-state index in [0.29, 0.717) is 18.3 Å². The normalized spacial score (nSPS) is 18.1. The van der Waals surface area contributed by atoms with E-state index < -0.39 is 0 Å². The highest BCUT2D eigenvalue weighted by Gasteiger charge is 2.25. The van der Waals surface area contributed by atoms with E-state index in [1.54, 1.807) is 11.3 Å². The van der Waals surface area contributed by atoms with Gasteiger partial charge in [-0.1, -0.05) is 11.2 Å². The van der Waals surface area contributed by atoms with Gasteiger partial charge in [0, 0.05) is 19.0 Å². The summed E-state index contributed by atoms with van der Waals surface area (Å²) in [4.78, 5) is 19.8. The van der Waals surface area contributed by atoms with E-state index in [-0.39, 0.29) is 11.9 Å². The van der Waals surface area contributed by atoms with Crippen molar-refractivity contribution in [2.75, 3.05) is 18.4 Å². The predicted molar refractivity (Wildman–Crippen MR) is 99.1 cm³/mol. The minimum Gasteiger partial charge on any atom is -0.339 e. The van der Waals surface area contributed by atoms with Gasteiger partial charge in [-0.2, -0.15) is 4.98 Å². The van der Waals surface area contributed by atoms with Crippen LogP contribution in [0.3, 0.4) is 0 Å². The Morgan fingerprint density at radius 1 is 1.20 bits per heavy atom. The van der Waals surface area contributed by atoms with Crippen LogP contribution in [-0.2, 0) is 0 Å². The number of likely N-dealkylation sites (tertiary alicyclic amines) is 1. The van der Waals surface area contributed by atoms with E-state index in [1.165, 1.54) is 11.3 Å². The number of anilines is 1. The second kappa shape index (κ2) is 7.37. The van der Waals surface area contributed by atoms with Gasteiger partial charge in [0.15, 0.2) is 0 Å². The smallest absolute Gasteiger partial charge is 0.322 e. The average molecular weight is 374 g/mol. The van der Waals surface area contributed by atoms with Gasteiger partial charge in [0.2, 0.25) is 11.7 Å². The highest BCUT2D eigenvalue weighted by Crippen LogP contribution is 2.30. The first-order valence-electron chi connectivity index (χ1n) is 8.26. The van der Waals surface area contributed by atoms with E-state index in [4.69, 9.17) is 4.52 Å². The Morgan fingerprint density at radius 2 is 2.08 bits per heavy atom. The molecule has 1 atom stereocenters. The monoisotopic (exact) mass is 374 g/mol. The maximum atomic E-state index is 12.4. The second-order valence-corrected chi connectivity index (χ2v) is 7.85. The summed E-state index contributed by atoms with van der Waals surface area (Å²) in [5.74, 6) is 1.55. The second-order valence-electron chi connectivity index (χ2n) is 5.96. The summed E-state index contributed by atoms with van der Waals surface area (Å²) in [6.45, 7) is 1.44. The van der Waals surface area contributed by atoms with Gasteiger partial charge in [0.25, 0.3) is 0 Å². The fourth-order valence-corrected chi connectivity index (χ4v) is 4.24. The van der Waals surface area contributed by atoms with Gasteiger partial charge in [-0.15, -0.1) is 22.7 Å². The zero-order chi connectivity index (χ0) is 17.1. The topological polar surface area (TPSA) is 71.3 Å². The molecule has 1 fully saturated rings. The highest BCUT2D eigenvalue weighted by molar-refractivity contribution is 7.14. The van der Waals surface area contributed by atoms with Crippen LogP contribution in [-0.4, -0.2) is 34.2 Å². The molecule has 4 rings (SSSR count). The van der Waals surface area contributed by atoms with Crippen LogP contribution in [0.1, 0.15) is 31.1 Å². The zero-order valence-electron chi connectivity index (χ0n) is 13.6. The molecule has 1 aliphatic rings. The largest absolute Gasteiger partial charge is 0.339 e. The lowest BCUT2D eigenvalue weighted by molar-refractivity contribution is 0.213. The van der Waals surface area contributed by atoms with E-state index >= 15 is 0 Å². The van der Waals surface area contributed by atoms with Gasteiger partial charge in [0.05, 0.1) is 9.88 Å². The molecule has 0 bridgehead atoms. The molecular formula is C17H18N4O2S2. The highest BCUT2D eigenvalue weighted by atomic mass is 32.1. The van der Waals surface area contributed by atoms with Crippen molar-refractivity contribution >= 4 is 33.7 Å². The minimum atomic E-state index is -0.0343. The molecule has 0 spiro atoms. The maximum absolute atomic E-state index is 12.4. The summed E-state index contributed by atoms with van der Waals surface area (Å²) >= 11 is 3.13. The fraction of sp³-hybridized carbons (Fsp3) is 0.353. The Hall–Kier alpha value is -2.19. The number of nitrogens with one attached hydrogen (secondary N) is 1. The maximum Gasteiger partial charge on any atom is 0.322 e. The third-order valence-corrected chi connectivity index (χ3v) is 5.95. The van der Waals surface area contributed by atoms with Crippen molar-refractivity contribution in [1.29, 1.82) is 0 Å². The predicted octanol–water partition coefficient (Wildman–Crippen LogP) is 4.66. The van der Waals surface area contributed by atoms with Gasteiger partial charge < -0.3 is 9.42 Å². The summed E-state index contributed by atoms with van der Waals surface area (Å²) in [5, 5.41) is 11.9. The first-order valence-corrected chi connectivity index (χ1v) is 10.0. The standard InChI is InChI=1S/C17H18N4O2S2/c22-17(18-14-6-3-11-25-14)21-8-1-4-12(7-9-21)16-19-15(20-23-16)13-5-2-10-24-13/h2-3,5-6,10-12H,1,4,7-9H2,(H,18,22). The van der Waals surface area contributed by atoms with Crippen LogP contribution in [0.4, 0.5) is 9.80 Å². The first kappa shape index (κ1) is 16.3. The Labute approximate surface area is 153 Å². The van der Waals surface area contributed by atoms with Crippen molar-refractivity contribution in [3.8, 4) is 10.7 Å². The molecule has 1 saturated heterocycles. The SMILES string of the molecule is O=C(Nc1cccs1)N1CCCC(c2nc(-c3cccs3)no2)CC1. The van der Waals surface area contributed by atoms with Gasteiger partial charge in [-0.05, 0) is 48.2 Å². The summed E-state index contributed by atoms with van der Waals surface area (Å²) in [6, 6.07) is 7.77. The number of aromatic nitrogens is 2. The average Bonchev–Trinajstić information content (AvgIpc) is 3.35. The van der Waals surface area contributed by atoms with Gasteiger partial charge in [-0.25, -0.2) is 4.79 Å². The summed E-state index contributed by atoms with van der Waals surface area (Å²) in [6.07, 6.45) is 2.72. The molecule has 3 aromatic heterocycles. The quantitative estimate of drug-likeness (QED) is 0.724. The van der Waals surface area contributed by atoms with Gasteiger partial charge in [0.1, 0.15) is 0 Å². The third kappa shape index (κ3) is 3.74. The molecule has 0 saturated carbocycles. The lowest BCUT2D eigenvalue weighted by atomic mass is 10.0. The number of carbonyl (C=O) groups excluding carboxylic acids is 1. The van der Waals surface area contributed by atoms with Crippen LogP contribution in [0, 0.1) is 0 Å². The summed E-state index contributed by atoms with van der Waals surface area (Å²) < 4.78 is 5.49. The van der Waals surface area contributed by atoms with Crippen LogP contribution < -0.4 is 5.32 Å². The number of thiophene rings is 2. The molecule has 0 aromatic carbocycles. The first-order chi connectivity index (χ1) is 12.3. The molecule has 6 nitrogen and oxygen atoms in total. The lowest BCUT2D eigenvalue weighted by Crippen LogP contribution is -2.35. The van der Waals surface area contributed by atoms with Crippen molar-refractivity contribution in [3.63, 3.8) is 0 Å². The Kier molecular flexibility index (Phi) is 4.80. The van der Waals surface area contributed by atoms with E-state index in [1.807, 2.05) is 39.9 Å². The number of hydrogen-bond donors (Lipinski definition) is 1. The lowest BCUT2D eigenvalue weighted by Gasteiger charge is -2.20. The van der Waals surface area contributed by atoms with Crippen molar-refractivity contribution in [2.45, 2.75) is 25.2 Å². The van der Waals surface area contributed by atoms with Crippen LogP contribution in [0.25, 0.3) is 10.7 Å². The van der Waals surface area contributed by atoms with Crippen molar-refractivity contribution in [3.05, 3.63) is 40.9 Å². The Morgan fingerprint density at radius 3 is 2.88 bits per heavy atom. The number of hydrogen-bond acceptors (Lipinski definition) is 6. The third-order valence-electron chi connectivity index (χ3n) is 4.30. The number of amides is 2. The molecule has 25 heavy (non-hydrogen) atoms. The van der Waals surface area contributed by atoms with Crippen LogP contribution in [0.15, 0.2) is 39.5 Å². The molecule has 1 unspecified atom stereocenters. The Bertz CT molecular complexity index is 814. The van der Waals surface area contributed by atoms with Crippen molar-refractivity contribution in [1.82, 2.24) is 15.0 Å². The summed E-state index contributed by atoms with van der Waals surface area (Å²) in [5.41, 5.74) is 0. The van der Waals surface area contributed by atoms with Gasteiger partial charge in [-0.3, -0.25) is 5.32 Å².